The highest BCUT2D eigenvalue weighted by atomic mass is 31.2. The van der Waals surface area contributed by atoms with Crippen molar-refractivity contribution < 1.29 is 37.5 Å². The fourth-order valence-electron chi connectivity index (χ4n) is 3.95. The Balaban J connectivity index is 1.55. The molecule has 3 atom stereocenters. The molecule has 0 bridgehead atoms. The van der Waals surface area contributed by atoms with Crippen LogP contribution in [0, 0.1) is 11.3 Å². The predicted molar refractivity (Wildman–Crippen MR) is 120 cm³/mol. The van der Waals surface area contributed by atoms with Crippen LogP contribution < -0.4 is 5.32 Å². The van der Waals surface area contributed by atoms with Gasteiger partial charge in [0.2, 0.25) is 5.91 Å². The molecule has 0 saturated carbocycles. The van der Waals surface area contributed by atoms with E-state index in [2.05, 4.69) is 10.1 Å². The van der Waals surface area contributed by atoms with Crippen molar-refractivity contribution in [3.63, 3.8) is 0 Å². The lowest BCUT2D eigenvalue weighted by Gasteiger charge is -2.40. The summed E-state index contributed by atoms with van der Waals surface area (Å²) in [4.78, 5) is 36.6. The Morgan fingerprint density at radius 2 is 1.85 bits per heavy atom. The SMILES string of the molecule is COC(=O)CCNC(=O)[C@@H]1O[P@@](=O)(C[C@@H](C)C(=O)OC2Cc3ccccc3C2)OCC1(C)C. The van der Waals surface area contributed by atoms with Gasteiger partial charge in [-0.15, -0.1) is 0 Å². The van der Waals surface area contributed by atoms with Gasteiger partial charge in [-0.2, -0.15) is 0 Å². The monoisotopic (exact) mass is 481 g/mol. The second kappa shape index (κ2) is 10.4. The van der Waals surface area contributed by atoms with Gasteiger partial charge in [-0.1, -0.05) is 45.0 Å². The number of nitrogens with one attached hydrogen (secondary N) is 1. The zero-order valence-electron chi connectivity index (χ0n) is 19.5. The largest absolute Gasteiger partial charge is 0.469 e. The molecular formula is C23H32NO8P. The topological polar surface area (TPSA) is 117 Å². The Morgan fingerprint density at radius 1 is 1.21 bits per heavy atom. The number of carbonyl (C=O) groups excluding carboxylic acids is 3. The fourth-order valence-corrected chi connectivity index (χ4v) is 6.25. The first-order chi connectivity index (χ1) is 15.5. The zero-order valence-corrected chi connectivity index (χ0v) is 20.4. The molecule has 1 saturated heterocycles. The number of methoxy groups -OCH3 is 1. The van der Waals surface area contributed by atoms with Crippen molar-refractivity contribution in [3.8, 4) is 0 Å². The van der Waals surface area contributed by atoms with Crippen molar-refractivity contribution in [1.82, 2.24) is 5.32 Å². The van der Waals surface area contributed by atoms with E-state index >= 15 is 0 Å². The normalized spacial score (nSPS) is 25.0. The summed E-state index contributed by atoms with van der Waals surface area (Å²) in [6, 6.07) is 7.95. The molecule has 0 aromatic heterocycles. The van der Waals surface area contributed by atoms with E-state index in [4.69, 9.17) is 13.8 Å². The third kappa shape index (κ3) is 6.43. The van der Waals surface area contributed by atoms with E-state index < -0.39 is 42.9 Å². The van der Waals surface area contributed by atoms with Gasteiger partial charge >= 0.3 is 19.5 Å². The molecule has 1 heterocycles. The van der Waals surface area contributed by atoms with Crippen LogP contribution >= 0.6 is 7.60 Å². The van der Waals surface area contributed by atoms with Crippen molar-refractivity contribution in [2.24, 2.45) is 11.3 Å². The Morgan fingerprint density at radius 3 is 2.45 bits per heavy atom. The minimum absolute atomic E-state index is 0.0114. The molecule has 0 spiro atoms. The lowest BCUT2D eigenvalue weighted by Crippen LogP contribution is -2.50. The minimum atomic E-state index is -3.73. The second-order valence-electron chi connectivity index (χ2n) is 9.30. The summed E-state index contributed by atoms with van der Waals surface area (Å²) in [6.07, 6.45) is -0.172. The maximum absolute atomic E-state index is 13.3. The molecule has 1 aliphatic carbocycles. The Kier molecular flexibility index (Phi) is 7.98. The van der Waals surface area contributed by atoms with Crippen LogP contribution in [-0.2, 0) is 50.3 Å². The molecule has 33 heavy (non-hydrogen) atoms. The van der Waals surface area contributed by atoms with Crippen LogP contribution in [0.5, 0.6) is 0 Å². The second-order valence-corrected chi connectivity index (χ2v) is 11.4. The molecule has 0 radical (unpaired) electrons. The third-order valence-corrected chi connectivity index (χ3v) is 7.95. The van der Waals surface area contributed by atoms with Crippen LogP contribution in [0.4, 0.5) is 0 Å². The van der Waals surface area contributed by atoms with Crippen LogP contribution in [0.2, 0.25) is 0 Å². The van der Waals surface area contributed by atoms with E-state index in [-0.39, 0.29) is 31.8 Å². The maximum Gasteiger partial charge on any atom is 0.332 e. The molecule has 1 aliphatic heterocycles. The van der Waals surface area contributed by atoms with Gasteiger partial charge in [0.1, 0.15) is 6.10 Å². The van der Waals surface area contributed by atoms with E-state index in [9.17, 15) is 18.9 Å². The average Bonchev–Trinajstić information content (AvgIpc) is 3.17. The van der Waals surface area contributed by atoms with Gasteiger partial charge in [0, 0.05) is 24.8 Å². The van der Waals surface area contributed by atoms with E-state index in [0.29, 0.717) is 12.8 Å². The molecule has 0 unspecified atom stereocenters. The lowest BCUT2D eigenvalue weighted by molar-refractivity contribution is -0.152. The summed E-state index contributed by atoms with van der Waals surface area (Å²) < 4.78 is 34.7. The van der Waals surface area contributed by atoms with Crippen molar-refractivity contribution in [1.29, 1.82) is 0 Å². The molecule has 1 fully saturated rings. The molecule has 2 aliphatic rings. The summed E-state index contributed by atoms with van der Waals surface area (Å²) in [5, 5.41) is 2.61. The number of benzene rings is 1. The smallest absolute Gasteiger partial charge is 0.332 e. The first-order valence-electron chi connectivity index (χ1n) is 11.1. The number of carbonyl (C=O) groups is 3. The Labute approximate surface area is 194 Å². The number of hydrogen-bond donors (Lipinski definition) is 1. The highest BCUT2D eigenvalue weighted by Crippen LogP contribution is 2.57. The summed E-state index contributed by atoms with van der Waals surface area (Å²) in [7, 11) is -2.46. The molecule has 9 nitrogen and oxygen atoms in total. The molecule has 1 aromatic carbocycles. The van der Waals surface area contributed by atoms with E-state index in [0.717, 1.165) is 11.1 Å². The first-order valence-corrected chi connectivity index (χ1v) is 12.8. The number of ether oxygens (including phenoxy) is 2. The van der Waals surface area contributed by atoms with Gasteiger partial charge in [0.05, 0.1) is 32.2 Å². The van der Waals surface area contributed by atoms with Crippen LogP contribution in [-0.4, -0.2) is 56.5 Å². The summed E-state index contributed by atoms with van der Waals surface area (Å²) in [5.74, 6) is -2.15. The summed E-state index contributed by atoms with van der Waals surface area (Å²) >= 11 is 0. The predicted octanol–water partition coefficient (Wildman–Crippen LogP) is 2.65. The van der Waals surface area contributed by atoms with Crippen molar-refractivity contribution in [3.05, 3.63) is 35.4 Å². The van der Waals surface area contributed by atoms with Crippen molar-refractivity contribution >= 4 is 25.4 Å². The number of amides is 1. The molecular weight excluding hydrogens is 449 g/mol. The fraction of sp³-hybridized carbons (Fsp3) is 0.609. The average molecular weight is 481 g/mol. The standard InChI is InChI=1S/C23H32NO8P/c1-15(22(27)31-18-11-16-7-5-6-8-17(16)12-18)13-33(28)30-14-23(2,3)20(32-33)21(26)24-10-9-19(25)29-4/h5-8,15,18,20H,9-14H2,1-4H3,(H,24,26)/t15-,20+,33-/m1/s1. The van der Waals surface area contributed by atoms with Crippen molar-refractivity contribution in [2.75, 3.05) is 26.4 Å². The highest BCUT2D eigenvalue weighted by Gasteiger charge is 2.48. The van der Waals surface area contributed by atoms with Gasteiger partial charge in [0.25, 0.3) is 0 Å². The molecule has 1 amide bonds. The van der Waals surface area contributed by atoms with E-state index in [1.165, 1.54) is 7.11 Å². The van der Waals surface area contributed by atoms with Crippen LogP contribution in [0.15, 0.2) is 24.3 Å². The highest BCUT2D eigenvalue weighted by molar-refractivity contribution is 7.54. The summed E-state index contributed by atoms with van der Waals surface area (Å²) in [6.45, 7) is 5.23. The Hall–Kier alpha value is -2.22. The van der Waals surface area contributed by atoms with Gasteiger partial charge in [-0.25, -0.2) is 0 Å². The van der Waals surface area contributed by atoms with Crippen LogP contribution in [0.1, 0.15) is 38.3 Å². The third-order valence-electron chi connectivity index (χ3n) is 5.90. The first kappa shape index (κ1) is 25.4. The molecule has 10 heteroatoms. The summed E-state index contributed by atoms with van der Waals surface area (Å²) in [5.41, 5.74) is 1.58. The molecule has 182 valence electrons. The minimum Gasteiger partial charge on any atom is -0.469 e. The molecule has 1 N–H and O–H groups in total. The number of esters is 2. The van der Waals surface area contributed by atoms with Gasteiger partial charge < -0.3 is 19.3 Å². The lowest BCUT2D eigenvalue weighted by atomic mass is 9.87. The van der Waals surface area contributed by atoms with E-state index in [1.54, 1.807) is 20.8 Å². The van der Waals surface area contributed by atoms with Gasteiger partial charge in [-0.3, -0.25) is 23.5 Å². The number of rotatable bonds is 8. The zero-order chi connectivity index (χ0) is 24.2. The van der Waals surface area contributed by atoms with E-state index in [1.807, 2.05) is 24.3 Å². The number of hydrogen-bond acceptors (Lipinski definition) is 8. The number of fused-ring (bicyclic) bond motifs is 1. The van der Waals surface area contributed by atoms with Gasteiger partial charge in [-0.05, 0) is 11.1 Å². The molecule has 3 rings (SSSR count). The van der Waals surface area contributed by atoms with Gasteiger partial charge in [0.15, 0.2) is 6.10 Å². The molecule has 1 aromatic rings. The maximum atomic E-state index is 13.3. The van der Waals surface area contributed by atoms with Crippen LogP contribution in [0.25, 0.3) is 0 Å². The van der Waals surface area contributed by atoms with Crippen molar-refractivity contribution in [2.45, 2.75) is 52.2 Å². The Bertz CT molecular complexity index is 921. The quantitative estimate of drug-likeness (QED) is 0.445. The van der Waals surface area contributed by atoms with Crippen LogP contribution in [0.3, 0.4) is 0 Å².